The molecular weight excluding hydrogens is 172 g/mol. The summed E-state index contributed by atoms with van der Waals surface area (Å²) < 4.78 is 16.1. The topological polar surface area (TPSA) is 47.9 Å². The molecule has 0 radical (unpaired) electrons. The van der Waals surface area contributed by atoms with Crippen LogP contribution in [0.1, 0.15) is 20.3 Å². The van der Waals surface area contributed by atoms with Crippen LogP contribution in [0.3, 0.4) is 0 Å². The molecule has 4 heteroatoms. The Bertz CT molecular complexity index is 188. The Morgan fingerprint density at radius 2 is 2.15 bits per heavy atom. The van der Waals surface area contributed by atoms with Crippen LogP contribution in [0, 0.1) is 0 Å². The van der Waals surface area contributed by atoms with Gasteiger partial charge >= 0.3 is 0 Å². The second kappa shape index (κ2) is 4.09. The lowest BCUT2D eigenvalue weighted by Crippen LogP contribution is -2.23. The van der Waals surface area contributed by atoms with Gasteiger partial charge in [0.05, 0.1) is 6.26 Å². The third-order valence-electron chi connectivity index (χ3n) is 1.84. The molecule has 0 spiro atoms. The van der Waals surface area contributed by atoms with Gasteiger partial charge in [-0.05, 0) is 26.3 Å². The smallest absolute Gasteiger partial charge is 0.187 e. The van der Waals surface area contributed by atoms with E-state index in [-0.39, 0.29) is 12.4 Å². The molecule has 0 saturated carbocycles. The summed E-state index contributed by atoms with van der Waals surface area (Å²) in [5, 5.41) is 8.50. The molecule has 0 aromatic rings. The van der Waals surface area contributed by atoms with E-state index >= 15 is 0 Å². The fourth-order valence-corrected chi connectivity index (χ4v) is 1.36. The molecule has 13 heavy (non-hydrogen) atoms. The Morgan fingerprint density at radius 1 is 1.46 bits per heavy atom. The van der Waals surface area contributed by atoms with Gasteiger partial charge in [0.15, 0.2) is 12.1 Å². The first-order valence-corrected chi connectivity index (χ1v) is 4.26. The molecule has 0 aliphatic carbocycles. The average Bonchev–Trinajstić information content (AvgIpc) is 2.37. The summed E-state index contributed by atoms with van der Waals surface area (Å²) in [7, 11) is 1.57. The molecule has 1 unspecified atom stereocenters. The lowest BCUT2D eigenvalue weighted by atomic mass is 10.2. The predicted octanol–water partition coefficient (Wildman–Crippen LogP) is 1.57. The summed E-state index contributed by atoms with van der Waals surface area (Å²) >= 11 is 0. The first kappa shape index (κ1) is 10.5. The first-order chi connectivity index (χ1) is 6.09. The second-order valence-electron chi connectivity index (χ2n) is 3.40. The van der Waals surface area contributed by atoms with E-state index in [1.165, 1.54) is 0 Å². The number of methoxy groups -OCH3 is 1. The highest BCUT2D eigenvalue weighted by atomic mass is 16.8. The van der Waals surface area contributed by atoms with Gasteiger partial charge in [0.2, 0.25) is 0 Å². The van der Waals surface area contributed by atoms with Crippen molar-refractivity contribution < 1.29 is 19.3 Å². The molecule has 76 valence electrons. The van der Waals surface area contributed by atoms with Crippen LogP contribution in [-0.2, 0) is 14.2 Å². The van der Waals surface area contributed by atoms with Crippen molar-refractivity contribution in [3.05, 3.63) is 12.3 Å². The quantitative estimate of drug-likeness (QED) is 0.683. The summed E-state index contributed by atoms with van der Waals surface area (Å²) in [6.07, 6.45) is 2.69. The SMILES string of the molecule is CO[C@@H]1OC(C)(C)OC1C/C=C/O. The molecule has 1 aliphatic rings. The minimum absolute atomic E-state index is 0.150. The molecule has 1 fully saturated rings. The highest BCUT2D eigenvalue weighted by Crippen LogP contribution is 2.30. The first-order valence-electron chi connectivity index (χ1n) is 4.26. The van der Waals surface area contributed by atoms with E-state index in [1.54, 1.807) is 13.2 Å². The third kappa shape index (κ3) is 2.69. The Labute approximate surface area is 78.1 Å². The number of hydrogen-bond acceptors (Lipinski definition) is 4. The number of rotatable bonds is 3. The number of aliphatic hydroxyl groups is 1. The van der Waals surface area contributed by atoms with Gasteiger partial charge in [0.25, 0.3) is 0 Å². The molecule has 0 amide bonds. The van der Waals surface area contributed by atoms with E-state index in [0.717, 1.165) is 6.26 Å². The van der Waals surface area contributed by atoms with Crippen molar-refractivity contribution in [1.29, 1.82) is 0 Å². The maximum Gasteiger partial charge on any atom is 0.187 e. The van der Waals surface area contributed by atoms with E-state index in [2.05, 4.69) is 0 Å². The van der Waals surface area contributed by atoms with Crippen LogP contribution in [0.4, 0.5) is 0 Å². The van der Waals surface area contributed by atoms with Gasteiger partial charge in [0.1, 0.15) is 6.10 Å². The molecule has 2 atom stereocenters. The monoisotopic (exact) mass is 188 g/mol. The summed E-state index contributed by atoms with van der Waals surface area (Å²) in [6, 6.07) is 0. The van der Waals surface area contributed by atoms with Crippen LogP contribution in [-0.4, -0.2) is 30.4 Å². The minimum atomic E-state index is -0.603. The van der Waals surface area contributed by atoms with Crippen molar-refractivity contribution >= 4 is 0 Å². The zero-order chi connectivity index (χ0) is 9.90. The van der Waals surface area contributed by atoms with Gasteiger partial charge in [-0.25, -0.2) is 0 Å². The summed E-state index contributed by atoms with van der Waals surface area (Å²) in [5.41, 5.74) is 0. The second-order valence-corrected chi connectivity index (χ2v) is 3.40. The van der Waals surface area contributed by atoms with Gasteiger partial charge in [-0.3, -0.25) is 0 Å². The van der Waals surface area contributed by atoms with Gasteiger partial charge in [-0.2, -0.15) is 0 Å². The van der Waals surface area contributed by atoms with E-state index in [4.69, 9.17) is 19.3 Å². The van der Waals surface area contributed by atoms with Crippen molar-refractivity contribution in [3.8, 4) is 0 Å². The third-order valence-corrected chi connectivity index (χ3v) is 1.84. The fraction of sp³-hybridized carbons (Fsp3) is 0.778. The van der Waals surface area contributed by atoms with Crippen LogP contribution in [0.15, 0.2) is 12.3 Å². The minimum Gasteiger partial charge on any atom is -0.516 e. The van der Waals surface area contributed by atoms with Crippen molar-refractivity contribution in [3.63, 3.8) is 0 Å². The maximum atomic E-state index is 8.50. The van der Waals surface area contributed by atoms with Crippen LogP contribution < -0.4 is 0 Å². The van der Waals surface area contributed by atoms with E-state index in [0.29, 0.717) is 6.42 Å². The molecule has 1 rings (SSSR count). The molecule has 0 aromatic carbocycles. The summed E-state index contributed by atoms with van der Waals surface area (Å²) in [6.45, 7) is 3.67. The predicted molar refractivity (Wildman–Crippen MR) is 47.2 cm³/mol. The molecule has 4 nitrogen and oxygen atoms in total. The Balaban J connectivity index is 2.53. The number of aliphatic hydroxyl groups excluding tert-OH is 1. The molecule has 0 bridgehead atoms. The zero-order valence-corrected chi connectivity index (χ0v) is 8.19. The molecular formula is C9H16O4. The summed E-state index contributed by atoms with van der Waals surface area (Å²) in [4.78, 5) is 0. The highest BCUT2D eigenvalue weighted by molar-refractivity contribution is 4.83. The standard InChI is InChI=1S/C9H16O4/c1-9(2)12-7(5-4-6-10)8(11-3)13-9/h4,6-8,10H,5H2,1-3H3/b6-4+/t7?,8-/m1/s1. The van der Waals surface area contributed by atoms with Crippen LogP contribution in [0.5, 0.6) is 0 Å². The van der Waals surface area contributed by atoms with Crippen LogP contribution in [0.2, 0.25) is 0 Å². The van der Waals surface area contributed by atoms with Gasteiger partial charge in [0, 0.05) is 7.11 Å². The molecule has 0 aromatic heterocycles. The largest absolute Gasteiger partial charge is 0.516 e. The molecule has 1 N–H and O–H groups in total. The van der Waals surface area contributed by atoms with Crippen LogP contribution in [0.25, 0.3) is 0 Å². The maximum absolute atomic E-state index is 8.50. The average molecular weight is 188 g/mol. The Kier molecular flexibility index (Phi) is 3.30. The lowest BCUT2D eigenvalue weighted by Gasteiger charge is -2.15. The van der Waals surface area contributed by atoms with Crippen molar-refractivity contribution in [2.45, 2.75) is 38.4 Å². The van der Waals surface area contributed by atoms with E-state index in [9.17, 15) is 0 Å². The normalized spacial score (nSPS) is 32.8. The fourth-order valence-electron chi connectivity index (χ4n) is 1.36. The summed E-state index contributed by atoms with van der Waals surface area (Å²) in [5.74, 6) is -0.603. The zero-order valence-electron chi connectivity index (χ0n) is 8.19. The van der Waals surface area contributed by atoms with Crippen molar-refractivity contribution in [2.75, 3.05) is 7.11 Å². The Morgan fingerprint density at radius 3 is 2.69 bits per heavy atom. The number of ether oxygens (including phenoxy) is 3. The molecule has 1 saturated heterocycles. The Hall–Kier alpha value is -0.580. The number of hydrogen-bond donors (Lipinski definition) is 1. The van der Waals surface area contributed by atoms with Gasteiger partial charge in [-0.1, -0.05) is 0 Å². The van der Waals surface area contributed by atoms with Gasteiger partial charge < -0.3 is 19.3 Å². The van der Waals surface area contributed by atoms with E-state index < -0.39 is 5.79 Å². The van der Waals surface area contributed by atoms with Crippen LogP contribution >= 0.6 is 0 Å². The van der Waals surface area contributed by atoms with E-state index in [1.807, 2.05) is 13.8 Å². The highest BCUT2D eigenvalue weighted by Gasteiger charge is 2.40. The molecule has 1 heterocycles. The van der Waals surface area contributed by atoms with Crippen molar-refractivity contribution in [2.24, 2.45) is 0 Å². The lowest BCUT2D eigenvalue weighted by molar-refractivity contribution is -0.182. The van der Waals surface area contributed by atoms with Gasteiger partial charge in [-0.15, -0.1) is 0 Å². The van der Waals surface area contributed by atoms with Crippen molar-refractivity contribution in [1.82, 2.24) is 0 Å². The molecule has 1 aliphatic heterocycles.